The standard InChI is InChI=1S/C31H34N2O3/c1-2-36-31(35)26-18-15-25(16-19-26)23-30(34)32-28(20-17-24-11-5-3-6-12-24)27-13-7-8-14-29(27)33-21-9-4-10-22-33/h3,5-8,11-16,18-20H,2,4,9-10,17,21-23H2,1H3,(H,32,34). The molecule has 1 aliphatic heterocycles. The number of benzene rings is 3. The monoisotopic (exact) mass is 482 g/mol. The Morgan fingerprint density at radius 1 is 0.861 bits per heavy atom. The van der Waals surface area contributed by atoms with Crippen LogP contribution < -0.4 is 10.2 Å². The molecule has 1 heterocycles. The molecular weight excluding hydrogens is 448 g/mol. The summed E-state index contributed by atoms with van der Waals surface area (Å²) in [5.74, 6) is -0.444. The van der Waals surface area contributed by atoms with Crippen molar-refractivity contribution in [2.75, 3.05) is 24.6 Å². The van der Waals surface area contributed by atoms with Crippen molar-refractivity contribution in [1.29, 1.82) is 0 Å². The number of nitrogens with zero attached hydrogens (tertiary/aromatic N) is 1. The molecule has 36 heavy (non-hydrogen) atoms. The van der Waals surface area contributed by atoms with Gasteiger partial charge in [-0.15, -0.1) is 0 Å². The average molecular weight is 483 g/mol. The molecule has 3 aromatic carbocycles. The highest BCUT2D eigenvalue weighted by Crippen LogP contribution is 2.29. The molecule has 5 nitrogen and oxygen atoms in total. The lowest BCUT2D eigenvalue weighted by atomic mass is 10.0. The van der Waals surface area contributed by atoms with Gasteiger partial charge in [-0.05, 0) is 61.9 Å². The van der Waals surface area contributed by atoms with E-state index in [1.807, 2.05) is 24.3 Å². The number of hydrogen-bond donors (Lipinski definition) is 1. The van der Waals surface area contributed by atoms with Crippen LogP contribution in [0.3, 0.4) is 0 Å². The van der Waals surface area contributed by atoms with Crippen LogP contribution in [0.15, 0.2) is 84.9 Å². The Kier molecular flexibility index (Phi) is 8.92. The van der Waals surface area contributed by atoms with Crippen LogP contribution in [0.25, 0.3) is 5.70 Å². The smallest absolute Gasteiger partial charge is 0.338 e. The molecule has 0 bridgehead atoms. The van der Waals surface area contributed by atoms with Crippen molar-refractivity contribution in [1.82, 2.24) is 5.32 Å². The first-order valence-electron chi connectivity index (χ1n) is 12.8. The van der Waals surface area contributed by atoms with Gasteiger partial charge in [0, 0.05) is 30.0 Å². The fourth-order valence-electron chi connectivity index (χ4n) is 4.53. The van der Waals surface area contributed by atoms with Gasteiger partial charge in [-0.1, -0.05) is 66.7 Å². The van der Waals surface area contributed by atoms with Gasteiger partial charge in [-0.25, -0.2) is 4.79 Å². The van der Waals surface area contributed by atoms with Crippen LogP contribution >= 0.6 is 0 Å². The van der Waals surface area contributed by atoms with Gasteiger partial charge in [0.2, 0.25) is 5.91 Å². The van der Waals surface area contributed by atoms with Crippen LogP contribution in [0.5, 0.6) is 0 Å². The molecule has 0 atom stereocenters. The molecule has 1 aliphatic rings. The first kappa shape index (κ1) is 25.2. The average Bonchev–Trinajstić information content (AvgIpc) is 2.92. The van der Waals surface area contributed by atoms with Crippen molar-refractivity contribution >= 4 is 23.3 Å². The van der Waals surface area contributed by atoms with Crippen LogP contribution in [0, 0.1) is 0 Å². The zero-order chi connectivity index (χ0) is 25.2. The summed E-state index contributed by atoms with van der Waals surface area (Å²) in [6.45, 7) is 4.18. The highest BCUT2D eigenvalue weighted by molar-refractivity contribution is 5.91. The van der Waals surface area contributed by atoms with E-state index in [1.54, 1.807) is 31.2 Å². The van der Waals surface area contributed by atoms with Gasteiger partial charge in [0.25, 0.3) is 0 Å². The van der Waals surface area contributed by atoms with Crippen molar-refractivity contribution in [3.8, 4) is 0 Å². The largest absolute Gasteiger partial charge is 0.462 e. The maximum Gasteiger partial charge on any atom is 0.338 e. The molecule has 1 N–H and O–H groups in total. The summed E-state index contributed by atoms with van der Waals surface area (Å²) in [6.07, 6.45) is 6.69. The van der Waals surface area contributed by atoms with Crippen molar-refractivity contribution in [2.45, 2.75) is 39.0 Å². The fraction of sp³-hybridized carbons (Fsp3) is 0.290. The van der Waals surface area contributed by atoms with Crippen molar-refractivity contribution < 1.29 is 14.3 Å². The minimum Gasteiger partial charge on any atom is -0.462 e. The lowest BCUT2D eigenvalue weighted by Gasteiger charge is -2.31. The molecule has 0 unspecified atom stereocenters. The van der Waals surface area contributed by atoms with E-state index in [-0.39, 0.29) is 18.3 Å². The van der Waals surface area contributed by atoms with Gasteiger partial charge in [0.05, 0.1) is 18.6 Å². The molecular formula is C31H34N2O3. The zero-order valence-electron chi connectivity index (χ0n) is 20.9. The third-order valence-electron chi connectivity index (χ3n) is 6.38. The van der Waals surface area contributed by atoms with E-state index in [9.17, 15) is 9.59 Å². The second-order valence-electron chi connectivity index (χ2n) is 9.01. The molecule has 3 aromatic rings. The van der Waals surface area contributed by atoms with Crippen LogP contribution in [-0.2, 0) is 22.4 Å². The van der Waals surface area contributed by atoms with Gasteiger partial charge in [-0.3, -0.25) is 4.79 Å². The molecule has 0 aliphatic carbocycles. The number of carbonyl (C=O) groups is 2. The molecule has 1 fully saturated rings. The SMILES string of the molecule is CCOC(=O)c1ccc(CC(=O)NC(=CCc2ccccc2)c2ccccc2N2CCCCC2)cc1. The van der Waals surface area contributed by atoms with E-state index >= 15 is 0 Å². The van der Waals surface area contributed by atoms with Crippen LogP contribution in [-0.4, -0.2) is 31.6 Å². The normalized spacial score (nSPS) is 13.8. The summed E-state index contributed by atoms with van der Waals surface area (Å²) in [6, 6.07) is 25.6. The quantitative estimate of drug-likeness (QED) is 0.392. The number of piperidine rings is 1. The summed E-state index contributed by atoms with van der Waals surface area (Å²) in [5, 5.41) is 3.19. The van der Waals surface area contributed by atoms with Crippen LogP contribution in [0.2, 0.25) is 0 Å². The Bertz CT molecular complexity index is 1180. The summed E-state index contributed by atoms with van der Waals surface area (Å²) < 4.78 is 5.05. The van der Waals surface area contributed by atoms with Gasteiger partial charge in [-0.2, -0.15) is 0 Å². The summed E-state index contributed by atoms with van der Waals surface area (Å²) in [5.41, 5.74) is 5.55. The Balaban J connectivity index is 1.55. The lowest BCUT2D eigenvalue weighted by Crippen LogP contribution is -2.31. The van der Waals surface area contributed by atoms with E-state index in [0.29, 0.717) is 12.2 Å². The van der Waals surface area contributed by atoms with Crippen LogP contribution in [0.4, 0.5) is 5.69 Å². The molecule has 0 aromatic heterocycles. The molecule has 186 valence electrons. The van der Waals surface area contributed by atoms with Crippen LogP contribution in [0.1, 0.15) is 53.2 Å². The molecule has 0 saturated carbocycles. The number of ether oxygens (including phenoxy) is 1. The number of nitrogens with one attached hydrogen (secondary N) is 1. The first-order valence-corrected chi connectivity index (χ1v) is 12.8. The van der Waals surface area contributed by atoms with Gasteiger partial charge in [0.15, 0.2) is 0 Å². The molecule has 0 spiro atoms. The number of rotatable bonds is 9. The number of carbonyl (C=O) groups excluding carboxylic acids is 2. The number of esters is 1. The highest BCUT2D eigenvalue weighted by atomic mass is 16.5. The second-order valence-corrected chi connectivity index (χ2v) is 9.01. The second kappa shape index (κ2) is 12.7. The van der Waals surface area contributed by atoms with Crippen molar-refractivity contribution in [2.24, 2.45) is 0 Å². The fourth-order valence-corrected chi connectivity index (χ4v) is 4.53. The minimum atomic E-state index is -0.353. The molecule has 5 heteroatoms. The van der Waals surface area contributed by atoms with Gasteiger partial charge >= 0.3 is 5.97 Å². The molecule has 1 amide bonds. The third kappa shape index (κ3) is 6.85. The zero-order valence-corrected chi connectivity index (χ0v) is 20.9. The lowest BCUT2D eigenvalue weighted by molar-refractivity contribution is -0.119. The highest BCUT2D eigenvalue weighted by Gasteiger charge is 2.18. The van der Waals surface area contributed by atoms with E-state index in [1.165, 1.54) is 24.8 Å². The maximum absolute atomic E-state index is 13.2. The Hall–Kier alpha value is -3.86. The predicted octanol–water partition coefficient (Wildman–Crippen LogP) is 5.80. The number of amides is 1. The number of anilines is 1. The summed E-state index contributed by atoms with van der Waals surface area (Å²) in [7, 11) is 0. The first-order chi connectivity index (χ1) is 17.6. The predicted molar refractivity (Wildman–Crippen MR) is 145 cm³/mol. The van der Waals surface area contributed by atoms with Gasteiger partial charge < -0.3 is 15.0 Å². The topological polar surface area (TPSA) is 58.6 Å². The Labute approximate surface area is 213 Å². The number of para-hydroxylation sites is 1. The van der Waals surface area contributed by atoms with Crippen molar-refractivity contribution in [3.63, 3.8) is 0 Å². The Morgan fingerprint density at radius 2 is 1.56 bits per heavy atom. The van der Waals surface area contributed by atoms with E-state index in [0.717, 1.165) is 42.0 Å². The van der Waals surface area contributed by atoms with Gasteiger partial charge in [0.1, 0.15) is 0 Å². The number of allylic oxidation sites excluding steroid dienone is 1. The van der Waals surface area contributed by atoms with E-state index < -0.39 is 0 Å². The minimum absolute atomic E-state index is 0.0911. The molecule has 1 saturated heterocycles. The summed E-state index contributed by atoms with van der Waals surface area (Å²) >= 11 is 0. The number of hydrogen-bond acceptors (Lipinski definition) is 4. The molecule has 0 radical (unpaired) electrons. The van der Waals surface area contributed by atoms with E-state index in [4.69, 9.17) is 4.74 Å². The van der Waals surface area contributed by atoms with E-state index in [2.05, 4.69) is 46.6 Å². The third-order valence-corrected chi connectivity index (χ3v) is 6.38. The van der Waals surface area contributed by atoms with Crippen molar-refractivity contribution in [3.05, 3.63) is 107 Å². The molecule has 4 rings (SSSR count). The summed E-state index contributed by atoms with van der Waals surface area (Å²) in [4.78, 5) is 27.5. The Morgan fingerprint density at radius 3 is 2.28 bits per heavy atom. The maximum atomic E-state index is 13.2.